The second kappa shape index (κ2) is 5.44. The van der Waals surface area contributed by atoms with E-state index >= 15 is 0 Å². The van der Waals surface area contributed by atoms with E-state index in [9.17, 15) is 13.6 Å². The summed E-state index contributed by atoms with van der Waals surface area (Å²) in [6.07, 6.45) is 0. The zero-order valence-corrected chi connectivity index (χ0v) is 11.5. The number of nitrogens with zero attached hydrogens (tertiary/aromatic N) is 1. The van der Waals surface area contributed by atoms with Gasteiger partial charge in [-0.25, -0.2) is 13.8 Å². The molecule has 0 atom stereocenters. The average molecular weight is 327 g/mol. The van der Waals surface area contributed by atoms with Crippen molar-refractivity contribution >= 4 is 27.7 Å². The number of amides is 1. The van der Waals surface area contributed by atoms with Crippen LogP contribution in [0.25, 0.3) is 0 Å². The maximum Gasteiger partial charge on any atom is 0.257 e. The summed E-state index contributed by atoms with van der Waals surface area (Å²) in [6.45, 7) is 1.77. The number of benzene rings is 1. The topological polar surface area (TPSA) is 42.0 Å². The summed E-state index contributed by atoms with van der Waals surface area (Å²) in [7, 11) is 0. The Hall–Kier alpha value is -1.82. The average Bonchev–Trinajstić information content (AvgIpc) is 2.32. The number of rotatable bonds is 2. The molecule has 19 heavy (non-hydrogen) atoms. The third kappa shape index (κ3) is 3.35. The molecule has 3 nitrogen and oxygen atoms in total. The summed E-state index contributed by atoms with van der Waals surface area (Å²) in [6, 6.07) is 5.95. The standard InChI is InChI=1S/C13H9BrF2N2O/c1-7-11(14)2-3-12(17-7)18-13(19)8-4-9(15)6-10(16)5-8/h2-6H,1H3,(H,17,18,19). The van der Waals surface area contributed by atoms with E-state index in [-0.39, 0.29) is 5.56 Å². The fourth-order valence-corrected chi connectivity index (χ4v) is 1.71. The van der Waals surface area contributed by atoms with Gasteiger partial charge in [0.2, 0.25) is 0 Å². The van der Waals surface area contributed by atoms with Crippen LogP contribution in [0.5, 0.6) is 0 Å². The molecule has 0 aliphatic rings. The Balaban J connectivity index is 2.22. The minimum Gasteiger partial charge on any atom is -0.307 e. The molecule has 2 rings (SSSR count). The molecule has 6 heteroatoms. The first-order valence-corrected chi connectivity index (χ1v) is 6.15. The van der Waals surface area contributed by atoms with E-state index in [1.54, 1.807) is 19.1 Å². The largest absolute Gasteiger partial charge is 0.307 e. The summed E-state index contributed by atoms with van der Waals surface area (Å²) >= 11 is 3.29. The van der Waals surface area contributed by atoms with Gasteiger partial charge in [0.15, 0.2) is 0 Å². The number of nitrogens with one attached hydrogen (secondary N) is 1. The second-order valence-electron chi connectivity index (χ2n) is 3.88. The van der Waals surface area contributed by atoms with Crippen molar-refractivity contribution in [3.8, 4) is 0 Å². The maximum absolute atomic E-state index is 13.0. The maximum atomic E-state index is 13.0. The predicted molar refractivity (Wildman–Crippen MR) is 71.0 cm³/mol. The monoisotopic (exact) mass is 326 g/mol. The van der Waals surface area contributed by atoms with Gasteiger partial charge in [-0.3, -0.25) is 4.79 Å². The van der Waals surface area contributed by atoms with E-state index in [0.29, 0.717) is 17.6 Å². The zero-order chi connectivity index (χ0) is 14.0. The normalized spacial score (nSPS) is 10.3. The molecular formula is C13H9BrF2N2O. The van der Waals surface area contributed by atoms with Crippen molar-refractivity contribution in [3.63, 3.8) is 0 Å². The van der Waals surface area contributed by atoms with E-state index in [2.05, 4.69) is 26.2 Å². The van der Waals surface area contributed by atoms with Crippen molar-refractivity contribution in [2.24, 2.45) is 0 Å². The Morgan fingerprint density at radius 2 is 1.84 bits per heavy atom. The van der Waals surface area contributed by atoms with Crippen LogP contribution in [0.15, 0.2) is 34.8 Å². The lowest BCUT2D eigenvalue weighted by Crippen LogP contribution is -2.13. The molecule has 98 valence electrons. The number of halogens is 3. The van der Waals surface area contributed by atoms with Crippen molar-refractivity contribution in [2.45, 2.75) is 6.92 Å². The number of hydrogen-bond acceptors (Lipinski definition) is 2. The fraction of sp³-hybridized carbons (Fsp3) is 0.0769. The van der Waals surface area contributed by atoms with Gasteiger partial charge in [-0.2, -0.15) is 0 Å². The predicted octanol–water partition coefficient (Wildman–Crippen LogP) is 3.68. The Labute approximate surface area is 116 Å². The molecule has 0 spiro atoms. The van der Waals surface area contributed by atoms with E-state index in [0.717, 1.165) is 16.6 Å². The molecule has 0 radical (unpaired) electrons. The fourth-order valence-electron chi connectivity index (χ4n) is 1.49. The SMILES string of the molecule is Cc1nc(NC(=O)c2cc(F)cc(F)c2)ccc1Br. The number of aryl methyl sites for hydroxylation is 1. The Morgan fingerprint density at radius 3 is 2.42 bits per heavy atom. The molecule has 0 bridgehead atoms. The molecule has 1 aromatic carbocycles. The van der Waals surface area contributed by atoms with Crippen LogP contribution in [-0.2, 0) is 0 Å². The third-order valence-corrected chi connectivity index (χ3v) is 3.23. The van der Waals surface area contributed by atoms with Gasteiger partial charge < -0.3 is 5.32 Å². The minimum atomic E-state index is -0.801. The van der Waals surface area contributed by atoms with Crippen LogP contribution in [0.2, 0.25) is 0 Å². The third-order valence-electron chi connectivity index (χ3n) is 2.39. The van der Waals surface area contributed by atoms with E-state index in [1.807, 2.05) is 0 Å². The van der Waals surface area contributed by atoms with Gasteiger partial charge in [0, 0.05) is 16.1 Å². The van der Waals surface area contributed by atoms with Crippen molar-refractivity contribution < 1.29 is 13.6 Å². The first-order valence-electron chi connectivity index (χ1n) is 5.36. The summed E-state index contributed by atoms with van der Waals surface area (Å²) in [5, 5.41) is 2.48. The molecule has 0 saturated carbocycles. The molecule has 1 N–H and O–H groups in total. The van der Waals surface area contributed by atoms with Gasteiger partial charge >= 0.3 is 0 Å². The van der Waals surface area contributed by atoms with Crippen LogP contribution in [0.1, 0.15) is 16.1 Å². The molecule has 0 fully saturated rings. The van der Waals surface area contributed by atoms with E-state index in [4.69, 9.17) is 0 Å². The number of hydrogen-bond donors (Lipinski definition) is 1. The smallest absolute Gasteiger partial charge is 0.257 e. The highest BCUT2D eigenvalue weighted by Gasteiger charge is 2.10. The van der Waals surface area contributed by atoms with Gasteiger partial charge in [-0.15, -0.1) is 0 Å². The molecule has 1 aromatic heterocycles. The van der Waals surface area contributed by atoms with Gasteiger partial charge in [0.1, 0.15) is 17.5 Å². The quantitative estimate of drug-likeness (QED) is 0.914. The number of carbonyl (C=O) groups excluding carboxylic acids is 1. The first kappa shape index (κ1) is 13.6. The van der Waals surface area contributed by atoms with Gasteiger partial charge in [0.05, 0.1) is 5.69 Å². The Bertz CT molecular complexity index is 626. The highest BCUT2D eigenvalue weighted by molar-refractivity contribution is 9.10. The van der Waals surface area contributed by atoms with E-state index in [1.165, 1.54) is 0 Å². The van der Waals surface area contributed by atoms with E-state index < -0.39 is 17.5 Å². The Morgan fingerprint density at radius 1 is 1.21 bits per heavy atom. The molecule has 1 heterocycles. The van der Waals surface area contributed by atoms with Crippen LogP contribution in [-0.4, -0.2) is 10.9 Å². The van der Waals surface area contributed by atoms with Gasteiger partial charge in [-0.1, -0.05) is 0 Å². The summed E-state index contributed by atoms with van der Waals surface area (Å²) in [4.78, 5) is 15.9. The van der Waals surface area contributed by atoms with Gasteiger partial charge in [0.25, 0.3) is 5.91 Å². The zero-order valence-electron chi connectivity index (χ0n) is 9.88. The second-order valence-corrected chi connectivity index (χ2v) is 4.73. The molecule has 0 aliphatic carbocycles. The van der Waals surface area contributed by atoms with Crippen molar-refractivity contribution in [1.82, 2.24) is 4.98 Å². The van der Waals surface area contributed by atoms with Crippen LogP contribution in [0, 0.1) is 18.6 Å². The lowest BCUT2D eigenvalue weighted by molar-refractivity contribution is 0.102. The number of anilines is 1. The van der Waals surface area contributed by atoms with Crippen molar-refractivity contribution in [1.29, 1.82) is 0 Å². The Kier molecular flexibility index (Phi) is 3.90. The lowest BCUT2D eigenvalue weighted by atomic mass is 10.2. The highest BCUT2D eigenvalue weighted by Crippen LogP contribution is 2.17. The lowest BCUT2D eigenvalue weighted by Gasteiger charge is -2.06. The summed E-state index contributed by atoms with van der Waals surface area (Å²) < 4.78 is 26.8. The first-order chi connectivity index (χ1) is 8.95. The van der Waals surface area contributed by atoms with Gasteiger partial charge in [-0.05, 0) is 47.1 Å². The summed E-state index contributed by atoms with van der Waals surface area (Å²) in [5.41, 5.74) is 0.600. The molecule has 2 aromatic rings. The summed E-state index contributed by atoms with van der Waals surface area (Å²) in [5.74, 6) is -1.90. The number of pyridine rings is 1. The van der Waals surface area contributed by atoms with Crippen LogP contribution >= 0.6 is 15.9 Å². The highest BCUT2D eigenvalue weighted by atomic mass is 79.9. The van der Waals surface area contributed by atoms with Crippen LogP contribution in [0.3, 0.4) is 0 Å². The molecule has 1 amide bonds. The van der Waals surface area contributed by atoms with Crippen molar-refractivity contribution in [3.05, 3.63) is 57.7 Å². The molecule has 0 unspecified atom stereocenters. The number of carbonyl (C=O) groups is 1. The molecular weight excluding hydrogens is 318 g/mol. The molecule has 0 aliphatic heterocycles. The molecule has 0 saturated heterocycles. The minimum absolute atomic E-state index is 0.0973. The van der Waals surface area contributed by atoms with Crippen LogP contribution in [0.4, 0.5) is 14.6 Å². The van der Waals surface area contributed by atoms with Crippen LogP contribution < -0.4 is 5.32 Å². The number of aromatic nitrogens is 1. The van der Waals surface area contributed by atoms with Crippen molar-refractivity contribution in [2.75, 3.05) is 5.32 Å².